The molecule has 4 nitrogen and oxygen atoms in total. The molecule has 0 spiro atoms. The number of anilines is 1. The Morgan fingerprint density at radius 3 is 2.67 bits per heavy atom. The van der Waals surface area contributed by atoms with Gasteiger partial charge in [0.1, 0.15) is 16.2 Å². The summed E-state index contributed by atoms with van der Waals surface area (Å²) in [6, 6.07) is 1.95. The van der Waals surface area contributed by atoms with Crippen LogP contribution in [0.3, 0.4) is 0 Å². The van der Waals surface area contributed by atoms with Gasteiger partial charge in [0.2, 0.25) is 0 Å². The summed E-state index contributed by atoms with van der Waals surface area (Å²) in [6.07, 6.45) is 1.73. The van der Waals surface area contributed by atoms with E-state index in [1.54, 1.807) is 0 Å². The second-order valence-corrected chi connectivity index (χ2v) is 6.25. The van der Waals surface area contributed by atoms with E-state index < -0.39 is 0 Å². The normalized spacial score (nSPS) is 23.0. The Morgan fingerprint density at radius 2 is 2.11 bits per heavy atom. The van der Waals surface area contributed by atoms with Gasteiger partial charge in [0.25, 0.3) is 0 Å². The van der Waals surface area contributed by atoms with Crippen LogP contribution in [0, 0.1) is 5.92 Å². The SMILES string of the molecule is CC(C)c1nc(Br)cc(N(C)CC2CC(O)C2)n1. The van der Waals surface area contributed by atoms with Gasteiger partial charge in [-0.3, -0.25) is 0 Å². The Kier molecular flexibility index (Phi) is 4.22. The van der Waals surface area contributed by atoms with Crippen LogP contribution in [0.25, 0.3) is 0 Å². The van der Waals surface area contributed by atoms with E-state index >= 15 is 0 Å². The largest absolute Gasteiger partial charge is 0.393 e. The number of aliphatic hydroxyl groups excluding tert-OH is 1. The lowest BCUT2D eigenvalue weighted by molar-refractivity contribution is 0.0464. The highest BCUT2D eigenvalue weighted by atomic mass is 79.9. The highest BCUT2D eigenvalue weighted by molar-refractivity contribution is 9.10. The molecule has 5 heteroatoms. The molecule has 1 aromatic heterocycles. The second kappa shape index (κ2) is 5.53. The van der Waals surface area contributed by atoms with Crippen molar-refractivity contribution >= 4 is 21.7 Å². The summed E-state index contributed by atoms with van der Waals surface area (Å²) in [5.74, 6) is 2.71. The van der Waals surface area contributed by atoms with Crippen molar-refractivity contribution in [2.45, 2.75) is 38.7 Å². The summed E-state index contributed by atoms with van der Waals surface area (Å²) in [4.78, 5) is 11.1. The van der Waals surface area contributed by atoms with Crippen LogP contribution in [0.15, 0.2) is 10.7 Å². The van der Waals surface area contributed by atoms with Crippen molar-refractivity contribution in [2.24, 2.45) is 5.92 Å². The maximum Gasteiger partial charge on any atom is 0.134 e. The van der Waals surface area contributed by atoms with Gasteiger partial charge in [-0.1, -0.05) is 13.8 Å². The molecule has 1 aromatic rings. The van der Waals surface area contributed by atoms with E-state index in [4.69, 9.17) is 0 Å². The lowest BCUT2D eigenvalue weighted by Gasteiger charge is -2.34. The first-order valence-electron chi connectivity index (χ1n) is 6.39. The molecule has 1 heterocycles. The molecule has 0 radical (unpaired) electrons. The maximum absolute atomic E-state index is 9.31. The predicted octanol–water partition coefficient (Wildman–Crippen LogP) is 2.57. The van der Waals surface area contributed by atoms with Crippen molar-refractivity contribution in [3.8, 4) is 0 Å². The van der Waals surface area contributed by atoms with E-state index in [-0.39, 0.29) is 6.10 Å². The van der Waals surface area contributed by atoms with Crippen molar-refractivity contribution in [1.29, 1.82) is 0 Å². The minimum atomic E-state index is -0.0910. The third-order valence-electron chi connectivity index (χ3n) is 3.35. The summed E-state index contributed by atoms with van der Waals surface area (Å²) in [5.41, 5.74) is 0. The van der Waals surface area contributed by atoms with Gasteiger partial charge in [-0.25, -0.2) is 9.97 Å². The molecule has 0 aliphatic heterocycles. The third-order valence-corrected chi connectivity index (χ3v) is 3.76. The molecular formula is C13H20BrN3O. The Balaban J connectivity index is 2.07. The van der Waals surface area contributed by atoms with Crippen LogP contribution in [0.1, 0.15) is 38.4 Å². The third kappa shape index (κ3) is 3.20. The molecule has 18 heavy (non-hydrogen) atoms. The summed E-state index contributed by atoms with van der Waals surface area (Å²) >= 11 is 3.44. The first-order valence-corrected chi connectivity index (χ1v) is 7.18. The van der Waals surface area contributed by atoms with Crippen LogP contribution in [-0.2, 0) is 0 Å². The monoisotopic (exact) mass is 313 g/mol. The maximum atomic E-state index is 9.31. The van der Waals surface area contributed by atoms with Crippen molar-refractivity contribution in [1.82, 2.24) is 9.97 Å². The molecule has 2 rings (SSSR count). The lowest BCUT2D eigenvalue weighted by Crippen LogP contribution is -2.37. The van der Waals surface area contributed by atoms with Gasteiger partial charge in [0.05, 0.1) is 6.10 Å². The Hall–Kier alpha value is -0.680. The van der Waals surface area contributed by atoms with Gasteiger partial charge < -0.3 is 10.0 Å². The van der Waals surface area contributed by atoms with Crippen LogP contribution in [0.2, 0.25) is 0 Å². The number of rotatable bonds is 4. The molecule has 0 atom stereocenters. The topological polar surface area (TPSA) is 49.2 Å². The van der Waals surface area contributed by atoms with Crippen LogP contribution in [0.5, 0.6) is 0 Å². The summed E-state index contributed by atoms with van der Waals surface area (Å²) in [5, 5.41) is 9.31. The van der Waals surface area contributed by atoms with E-state index in [2.05, 4.69) is 44.6 Å². The summed E-state index contributed by atoms with van der Waals surface area (Å²) < 4.78 is 0.830. The van der Waals surface area contributed by atoms with Gasteiger partial charge in [-0.05, 0) is 34.7 Å². The van der Waals surface area contributed by atoms with Crippen LogP contribution in [-0.4, -0.2) is 34.8 Å². The van der Waals surface area contributed by atoms with Gasteiger partial charge in [0, 0.05) is 25.6 Å². The van der Waals surface area contributed by atoms with Gasteiger partial charge in [-0.2, -0.15) is 0 Å². The van der Waals surface area contributed by atoms with Crippen molar-refractivity contribution in [3.63, 3.8) is 0 Å². The molecule has 100 valence electrons. The minimum absolute atomic E-state index is 0.0910. The summed E-state index contributed by atoms with van der Waals surface area (Å²) in [6.45, 7) is 5.12. The highest BCUT2D eigenvalue weighted by Crippen LogP contribution is 2.29. The zero-order chi connectivity index (χ0) is 13.3. The van der Waals surface area contributed by atoms with Crippen LogP contribution < -0.4 is 4.90 Å². The highest BCUT2D eigenvalue weighted by Gasteiger charge is 2.28. The number of nitrogens with zero attached hydrogens (tertiary/aromatic N) is 3. The average molecular weight is 314 g/mol. The standard InChI is InChI=1S/C13H20BrN3O/c1-8(2)13-15-11(14)6-12(16-13)17(3)7-9-4-10(18)5-9/h6,8-10,18H,4-5,7H2,1-3H3. The molecule has 0 saturated heterocycles. The van der Waals surface area contributed by atoms with Crippen molar-refractivity contribution in [3.05, 3.63) is 16.5 Å². The average Bonchev–Trinajstić information content (AvgIpc) is 2.26. The second-order valence-electron chi connectivity index (χ2n) is 5.43. The zero-order valence-corrected chi connectivity index (χ0v) is 12.7. The molecule has 0 amide bonds. The molecule has 1 saturated carbocycles. The number of halogens is 1. The number of hydrogen-bond donors (Lipinski definition) is 1. The first-order chi connectivity index (χ1) is 8.45. The fourth-order valence-corrected chi connectivity index (χ4v) is 2.59. The molecular weight excluding hydrogens is 294 g/mol. The van der Waals surface area contributed by atoms with E-state index in [1.807, 2.05) is 13.1 Å². The van der Waals surface area contributed by atoms with E-state index in [0.29, 0.717) is 11.8 Å². The molecule has 0 bridgehead atoms. The zero-order valence-electron chi connectivity index (χ0n) is 11.1. The van der Waals surface area contributed by atoms with E-state index in [9.17, 15) is 5.11 Å². The molecule has 1 aliphatic carbocycles. The Bertz CT molecular complexity index is 419. The van der Waals surface area contributed by atoms with Crippen molar-refractivity contribution < 1.29 is 5.11 Å². The quantitative estimate of drug-likeness (QED) is 0.868. The predicted molar refractivity (Wildman–Crippen MR) is 75.8 cm³/mol. The Morgan fingerprint density at radius 1 is 1.44 bits per heavy atom. The number of hydrogen-bond acceptors (Lipinski definition) is 4. The minimum Gasteiger partial charge on any atom is -0.393 e. The van der Waals surface area contributed by atoms with E-state index in [1.165, 1.54) is 0 Å². The Labute approximate surface area is 117 Å². The van der Waals surface area contributed by atoms with E-state index in [0.717, 1.165) is 35.6 Å². The smallest absolute Gasteiger partial charge is 0.134 e. The van der Waals surface area contributed by atoms with Gasteiger partial charge in [0.15, 0.2) is 0 Å². The fourth-order valence-electron chi connectivity index (χ4n) is 2.21. The molecule has 1 N–H and O–H groups in total. The molecule has 0 aromatic carbocycles. The van der Waals surface area contributed by atoms with Gasteiger partial charge >= 0.3 is 0 Å². The summed E-state index contributed by atoms with van der Waals surface area (Å²) in [7, 11) is 2.05. The lowest BCUT2D eigenvalue weighted by atomic mass is 9.82. The number of aromatic nitrogens is 2. The number of aliphatic hydroxyl groups is 1. The molecule has 0 unspecified atom stereocenters. The van der Waals surface area contributed by atoms with Crippen molar-refractivity contribution in [2.75, 3.05) is 18.5 Å². The molecule has 1 fully saturated rings. The van der Waals surface area contributed by atoms with Crippen LogP contribution >= 0.6 is 15.9 Å². The van der Waals surface area contributed by atoms with Gasteiger partial charge in [-0.15, -0.1) is 0 Å². The van der Waals surface area contributed by atoms with Crippen LogP contribution in [0.4, 0.5) is 5.82 Å². The fraction of sp³-hybridized carbons (Fsp3) is 0.692. The first kappa shape index (κ1) is 13.7. The molecule has 1 aliphatic rings.